The molecule has 0 aliphatic carbocycles. The van der Waals surface area contributed by atoms with E-state index in [1.54, 1.807) is 0 Å². The van der Waals surface area contributed by atoms with Crippen LogP contribution in [0.15, 0.2) is 24.3 Å². The minimum absolute atomic E-state index is 0.408. The first-order chi connectivity index (χ1) is 6.74. The lowest BCUT2D eigenvalue weighted by Gasteiger charge is -2.06. The molecule has 0 aliphatic rings. The van der Waals surface area contributed by atoms with Crippen LogP contribution in [0, 0.1) is 0 Å². The SMILES string of the molecule is CCCCOc1cccc(C(N)=S)c1. The largest absolute Gasteiger partial charge is 0.494 e. The lowest BCUT2D eigenvalue weighted by molar-refractivity contribution is 0.309. The number of ether oxygens (including phenoxy) is 1. The maximum Gasteiger partial charge on any atom is 0.119 e. The highest BCUT2D eigenvalue weighted by molar-refractivity contribution is 7.80. The van der Waals surface area contributed by atoms with Gasteiger partial charge in [0.1, 0.15) is 10.7 Å². The van der Waals surface area contributed by atoms with Crippen LogP contribution >= 0.6 is 12.2 Å². The summed E-state index contributed by atoms with van der Waals surface area (Å²) >= 11 is 4.88. The van der Waals surface area contributed by atoms with Gasteiger partial charge in [-0.3, -0.25) is 0 Å². The molecule has 76 valence electrons. The van der Waals surface area contributed by atoms with Crippen LogP contribution in [0.5, 0.6) is 5.75 Å². The molecule has 0 atom stereocenters. The first-order valence-electron chi connectivity index (χ1n) is 4.76. The van der Waals surface area contributed by atoms with Gasteiger partial charge in [0, 0.05) is 5.56 Å². The predicted molar refractivity (Wildman–Crippen MR) is 62.7 cm³/mol. The highest BCUT2D eigenvalue weighted by atomic mass is 32.1. The number of rotatable bonds is 5. The molecule has 3 heteroatoms. The molecule has 0 spiro atoms. The monoisotopic (exact) mass is 209 g/mol. The number of hydrogen-bond acceptors (Lipinski definition) is 2. The zero-order valence-corrected chi connectivity index (χ0v) is 9.14. The van der Waals surface area contributed by atoms with E-state index in [4.69, 9.17) is 22.7 Å². The van der Waals surface area contributed by atoms with Crippen molar-refractivity contribution < 1.29 is 4.74 Å². The molecule has 0 aromatic heterocycles. The number of unbranched alkanes of at least 4 members (excludes halogenated alkanes) is 1. The topological polar surface area (TPSA) is 35.2 Å². The molecule has 1 aromatic carbocycles. The van der Waals surface area contributed by atoms with Gasteiger partial charge in [-0.2, -0.15) is 0 Å². The van der Waals surface area contributed by atoms with Gasteiger partial charge in [0.15, 0.2) is 0 Å². The van der Waals surface area contributed by atoms with E-state index < -0.39 is 0 Å². The molecule has 0 saturated heterocycles. The minimum Gasteiger partial charge on any atom is -0.494 e. The molecule has 0 bridgehead atoms. The summed E-state index contributed by atoms with van der Waals surface area (Å²) in [5.41, 5.74) is 6.37. The maximum atomic E-state index is 5.52. The number of nitrogens with two attached hydrogens (primary N) is 1. The van der Waals surface area contributed by atoms with Crippen LogP contribution in [0.3, 0.4) is 0 Å². The highest BCUT2D eigenvalue weighted by Crippen LogP contribution is 2.13. The molecule has 14 heavy (non-hydrogen) atoms. The Morgan fingerprint density at radius 1 is 1.50 bits per heavy atom. The van der Waals surface area contributed by atoms with Crippen molar-refractivity contribution in [2.45, 2.75) is 19.8 Å². The van der Waals surface area contributed by atoms with E-state index >= 15 is 0 Å². The van der Waals surface area contributed by atoms with Crippen molar-refractivity contribution in [2.24, 2.45) is 5.73 Å². The Bertz CT molecular complexity index is 312. The summed E-state index contributed by atoms with van der Waals surface area (Å²) in [7, 11) is 0. The molecule has 1 rings (SSSR count). The highest BCUT2D eigenvalue weighted by Gasteiger charge is 1.98. The Kier molecular flexibility index (Phi) is 4.40. The van der Waals surface area contributed by atoms with Gasteiger partial charge in [-0.1, -0.05) is 37.7 Å². The third-order valence-corrected chi connectivity index (χ3v) is 2.12. The Morgan fingerprint density at radius 3 is 2.93 bits per heavy atom. The van der Waals surface area contributed by atoms with E-state index in [0.717, 1.165) is 30.8 Å². The molecule has 0 heterocycles. The summed E-state index contributed by atoms with van der Waals surface area (Å²) in [6.45, 7) is 2.88. The average molecular weight is 209 g/mol. The van der Waals surface area contributed by atoms with Gasteiger partial charge in [-0.15, -0.1) is 0 Å². The van der Waals surface area contributed by atoms with Crippen molar-refractivity contribution in [3.05, 3.63) is 29.8 Å². The predicted octanol–water partition coefficient (Wildman–Crippen LogP) is 2.50. The van der Waals surface area contributed by atoms with Gasteiger partial charge in [0.05, 0.1) is 6.61 Å². The van der Waals surface area contributed by atoms with Gasteiger partial charge < -0.3 is 10.5 Å². The van der Waals surface area contributed by atoms with Crippen LogP contribution in [0.2, 0.25) is 0 Å². The summed E-state index contributed by atoms with van der Waals surface area (Å²) in [6.07, 6.45) is 2.20. The van der Waals surface area contributed by atoms with Crippen molar-refractivity contribution >= 4 is 17.2 Å². The summed E-state index contributed by atoms with van der Waals surface area (Å²) in [5.74, 6) is 0.837. The molecule has 0 saturated carbocycles. The Balaban J connectivity index is 2.59. The molecule has 2 N–H and O–H groups in total. The minimum atomic E-state index is 0.408. The summed E-state index contributed by atoms with van der Waals surface area (Å²) < 4.78 is 5.52. The average Bonchev–Trinajstić information content (AvgIpc) is 2.19. The Hall–Kier alpha value is -1.09. The van der Waals surface area contributed by atoms with E-state index in [1.165, 1.54) is 0 Å². The molecule has 0 amide bonds. The van der Waals surface area contributed by atoms with Crippen molar-refractivity contribution in [1.82, 2.24) is 0 Å². The van der Waals surface area contributed by atoms with Gasteiger partial charge in [0.25, 0.3) is 0 Å². The van der Waals surface area contributed by atoms with E-state index in [-0.39, 0.29) is 0 Å². The Labute approximate surface area is 90.1 Å². The van der Waals surface area contributed by atoms with Crippen LogP contribution in [-0.2, 0) is 0 Å². The van der Waals surface area contributed by atoms with Crippen LogP contribution in [0.4, 0.5) is 0 Å². The summed E-state index contributed by atoms with van der Waals surface area (Å²) in [5, 5.41) is 0. The standard InChI is InChI=1S/C11H15NOS/c1-2-3-7-13-10-6-4-5-9(8-10)11(12)14/h4-6,8H,2-3,7H2,1H3,(H2,12,14). The van der Waals surface area contributed by atoms with Crippen LogP contribution in [-0.4, -0.2) is 11.6 Å². The zero-order chi connectivity index (χ0) is 10.4. The fourth-order valence-electron chi connectivity index (χ4n) is 1.07. The first-order valence-corrected chi connectivity index (χ1v) is 5.17. The van der Waals surface area contributed by atoms with Gasteiger partial charge in [0.2, 0.25) is 0 Å². The lowest BCUT2D eigenvalue weighted by atomic mass is 10.2. The Morgan fingerprint density at radius 2 is 2.29 bits per heavy atom. The van der Waals surface area contributed by atoms with Crippen molar-refractivity contribution in [3.63, 3.8) is 0 Å². The molecule has 0 aliphatic heterocycles. The fourth-order valence-corrected chi connectivity index (χ4v) is 1.20. The van der Waals surface area contributed by atoms with Gasteiger partial charge >= 0.3 is 0 Å². The van der Waals surface area contributed by atoms with Crippen LogP contribution in [0.1, 0.15) is 25.3 Å². The van der Waals surface area contributed by atoms with Crippen molar-refractivity contribution in [3.8, 4) is 5.75 Å². The molecular weight excluding hydrogens is 194 g/mol. The quantitative estimate of drug-likeness (QED) is 0.598. The van der Waals surface area contributed by atoms with Gasteiger partial charge in [-0.25, -0.2) is 0 Å². The summed E-state index contributed by atoms with van der Waals surface area (Å²) in [4.78, 5) is 0.408. The van der Waals surface area contributed by atoms with Gasteiger partial charge in [-0.05, 0) is 18.6 Å². The summed E-state index contributed by atoms with van der Waals surface area (Å²) in [6, 6.07) is 7.57. The van der Waals surface area contributed by atoms with E-state index in [1.807, 2.05) is 24.3 Å². The molecular formula is C11H15NOS. The first kappa shape index (κ1) is 11.0. The zero-order valence-electron chi connectivity index (χ0n) is 8.32. The maximum absolute atomic E-state index is 5.52. The molecule has 0 fully saturated rings. The fraction of sp³-hybridized carbons (Fsp3) is 0.364. The van der Waals surface area contributed by atoms with Crippen molar-refractivity contribution in [2.75, 3.05) is 6.61 Å². The molecule has 1 aromatic rings. The number of hydrogen-bond donors (Lipinski definition) is 1. The second kappa shape index (κ2) is 5.60. The second-order valence-electron chi connectivity index (χ2n) is 3.09. The number of thiocarbonyl (C=S) groups is 1. The van der Waals surface area contributed by atoms with Crippen LogP contribution < -0.4 is 10.5 Å². The molecule has 0 radical (unpaired) electrons. The smallest absolute Gasteiger partial charge is 0.119 e. The third kappa shape index (κ3) is 3.34. The molecule has 0 unspecified atom stereocenters. The second-order valence-corrected chi connectivity index (χ2v) is 3.53. The third-order valence-electron chi connectivity index (χ3n) is 1.89. The van der Waals surface area contributed by atoms with E-state index in [0.29, 0.717) is 4.99 Å². The van der Waals surface area contributed by atoms with E-state index in [2.05, 4.69) is 6.92 Å². The van der Waals surface area contributed by atoms with E-state index in [9.17, 15) is 0 Å². The van der Waals surface area contributed by atoms with Crippen molar-refractivity contribution in [1.29, 1.82) is 0 Å². The number of benzene rings is 1. The lowest BCUT2D eigenvalue weighted by Crippen LogP contribution is -2.09. The normalized spacial score (nSPS) is 9.79. The molecule has 2 nitrogen and oxygen atoms in total. The van der Waals surface area contributed by atoms with Crippen LogP contribution in [0.25, 0.3) is 0 Å².